The third-order valence-electron chi connectivity index (χ3n) is 4.87. The molecule has 2 heterocycles. The Labute approximate surface area is 166 Å². The van der Waals surface area contributed by atoms with Crippen LogP contribution in [0.15, 0.2) is 47.6 Å². The maximum atomic E-state index is 13.3. The van der Waals surface area contributed by atoms with Crippen LogP contribution in [0.4, 0.5) is 5.69 Å². The van der Waals surface area contributed by atoms with Crippen molar-refractivity contribution in [2.75, 3.05) is 25.2 Å². The number of anilines is 1. The van der Waals surface area contributed by atoms with Crippen molar-refractivity contribution < 1.29 is 17.9 Å². The fraction of sp³-hybridized carbons (Fsp3) is 0.400. The molecule has 1 aliphatic rings. The van der Waals surface area contributed by atoms with Crippen molar-refractivity contribution >= 4 is 21.6 Å². The monoisotopic (exact) mass is 403 g/mol. The maximum Gasteiger partial charge on any atom is 0.243 e. The third-order valence-corrected chi connectivity index (χ3v) is 6.71. The molecular formula is C20H25N3O4S. The molecule has 1 aromatic carbocycles. The number of ether oxygens (including phenoxy) is 1. The highest BCUT2D eigenvalue weighted by molar-refractivity contribution is 7.89. The number of fused-ring (bicyclic) bond motifs is 1. The highest BCUT2D eigenvalue weighted by atomic mass is 32.2. The topological polar surface area (TPSA) is 79.8 Å². The minimum absolute atomic E-state index is 0.0189. The summed E-state index contributed by atoms with van der Waals surface area (Å²) >= 11 is 0. The summed E-state index contributed by atoms with van der Waals surface area (Å²) in [5, 5.41) is 0. The summed E-state index contributed by atoms with van der Waals surface area (Å²) in [6.07, 6.45) is 3.95. The van der Waals surface area contributed by atoms with E-state index in [-0.39, 0.29) is 29.9 Å². The average Bonchev–Trinajstić information content (AvgIpc) is 3.00. The zero-order chi connectivity index (χ0) is 20.3. The van der Waals surface area contributed by atoms with Crippen molar-refractivity contribution in [3.8, 4) is 0 Å². The van der Waals surface area contributed by atoms with Gasteiger partial charge in [0.05, 0.1) is 11.5 Å². The van der Waals surface area contributed by atoms with E-state index in [1.54, 1.807) is 48.7 Å². The molecule has 0 N–H and O–H groups in total. The van der Waals surface area contributed by atoms with Gasteiger partial charge in [0.15, 0.2) is 0 Å². The lowest BCUT2D eigenvalue weighted by Crippen LogP contribution is -2.34. The van der Waals surface area contributed by atoms with Crippen LogP contribution in [-0.2, 0) is 32.5 Å². The van der Waals surface area contributed by atoms with Gasteiger partial charge in [-0.3, -0.25) is 9.78 Å². The number of methoxy groups -OCH3 is 1. The number of hydrogen-bond donors (Lipinski definition) is 0. The van der Waals surface area contributed by atoms with Crippen LogP contribution in [0.3, 0.4) is 0 Å². The van der Waals surface area contributed by atoms with Gasteiger partial charge in [0.1, 0.15) is 0 Å². The molecule has 0 radical (unpaired) electrons. The number of carbonyl (C=O) groups is 1. The summed E-state index contributed by atoms with van der Waals surface area (Å²) in [5.74, 6) is -0.0415. The van der Waals surface area contributed by atoms with Crippen LogP contribution in [0.2, 0.25) is 0 Å². The van der Waals surface area contributed by atoms with Crippen molar-refractivity contribution in [1.29, 1.82) is 0 Å². The second-order valence-corrected chi connectivity index (χ2v) is 8.86. The van der Waals surface area contributed by atoms with Crippen molar-refractivity contribution in [2.45, 2.75) is 37.8 Å². The SMILES string of the molecule is COCCN(Cc1cccnc1)S(=O)(=O)c1ccc2c(c1)CC(C)N2C(C)=O. The first-order valence-electron chi connectivity index (χ1n) is 9.15. The third kappa shape index (κ3) is 4.09. The van der Waals surface area contributed by atoms with Gasteiger partial charge >= 0.3 is 0 Å². The van der Waals surface area contributed by atoms with Crippen molar-refractivity contribution in [3.05, 3.63) is 53.9 Å². The summed E-state index contributed by atoms with van der Waals surface area (Å²) in [5.41, 5.74) is 2.46. The van der Waals surface area contributed by atoms with Gasteiger partial charge in [0, 0.05) is 51.2 Å². The zero-order valence-corrected chi connectivity index (χ0v) is 17.1. The van der Waals surface area contributed by atoms with E-state index in [1.165, 1.54) is 11.2 Å². The van der Waals surface area contributed by atoms with E-state index in [0.29, 0.717) is 13.0 Å². The molecule has 150 valence electrons. The molecule has 0 aliphatic carbocycles. The number of nitrogens with zero attached hydrogens (tertiary/aromatic N) is 3. The Morgan fingerprint density at radius 2 is 2.14 bits per heavy atom. The van der Waals surface area contributed by atoms with Gasteiger partial charge in [-0.2, -0.15) is 4.31 Å². The second-order valence-electron chi connectivity index (χ2n) is 6.93. The number of aromatic nitrogens is 1. The van der Waals surface area contributed by atoms with E-state index in [9.17, 15) is 13.2 Å². The average molecular weight is 404 g/mol. The number of pyridine rings is 1. The molecule has 0 fully saturated rings. The number of hydrogen-bond acceptors (Lipinski definition) is 5. The highest BCUT2D eigenvalue weighted by Gasteiger charge is 2.31. The Morgan fingerprint density at radius 3 is 2.79 bits per heavy atom. The molecule has 0 saturated heterocycles. The lowest BCUT2D eigenvalue weighted by molar-refractivity contribution is -0.116. The van der Waals surface area contributed by atoms with Gasteiger partial charge in [-0.15, -0.1) is 0 Å². The van der Waals surface area contributed by atoms with Gasteiger partial charge in [-0.25, -0.2) is 8.42 Å². The number of amides is 1. The Balaban J connectivity index is 1.93. The van der Waals surface area contributed by atoms with E-state index >= 15 is 0 Å². The summed E-state index contributed by atoms with van der Waals surface area (Å²) in [6, 6.07) is 8.64. The van der Waals surface area contributed by atoms with E-state index in [0.717, 1.165) is 16.8 Å². The fourth-order valence-electron chi connectivity index (χ4n) is 3.57. The van der Waals surface area contributed by atoms with Crippen LogP contribution in [0.1, 0.15) is 25.0 Å². The molecule has 1 aromatic heterocycles. The van der Waals surface area contributed by atoms with Crippen molar-refractivity contribution in [2.24, 2.45) is 0 Å². The van der Waals surface area contributed by atoms with Crippen LogP contribution in [0.5, 0.6) is 0 Å². The number of benzene rings is 1. The summed E-state index contributed by atoms with van der Waals surface area (Å²) in [4.78, 5) is 17.9. The van der Waals surface area contributed by atoms with Crippen molar-refractivity contribution in [1.82, 2.24) is 9.29 Å². The largest absolute Gasteiger partial charge is 0.383 e. The smallest absolute Gasteiger partial charge is 0.243 e. The molecule has 28 heavy (non-hydrogen) atoms. The van der Waals surface area contributed by atoms with Gasteiger partial charge in [0.25, 0.3) is 0 Å². The Hall–Kier alpha value is -2.29. The van der Waals surface area contributed by atoms with Crippen LogP contribution in [0, 0.1) is 0 Å². The second kappa shape index (κ2) is 8.38. The molecule has 3 rings (SSSR count). The van der Waals surface area contributed by atoms with Gasteiger partial charge in [0.2, 0.25) is 15.9 Å². The van der Waals surface area contributed by atoms with E-state index in [2.05, 4.69) is 4.98 Å². The molecule has 1 atom stereocenters. The Morgan fingerprint density at radius 1 is 1.36 bits per heavy atom. The Kier molecular flexibility index (Phi) is 6.12. The first kappa shape index (κ1) is 20.4. The van der Waals surface area contributed by atoms with Crippen LogP contribution in [0.25, 0.3) is 0 Å². The quantitative estimate of drug-likeness (QED) is 0.708. The summed E-state index contributed by atoms with van der Waals surface area (Å²) in [6.45, 7) is 4.23. The fourth-order valence-corrected chi connectivity index (χ4v) is 5.03. The van der Waals surface area contributed by atoms with E-state index in [4.69, 9.17) is 4.74 Å². The molecule has 0 spiro atoms. The molecule has 7 nitrogen and oxygen atoms in total. The Bertz CT molecular complexity index is 947. The predicted molar refractivity (Wildman–Crippen MR) is 106 cm³/mol. The van der Waals surface area contributed by atoms with Crippen LogP contribution in [-0.4, -0.2) is 49.9 Å². The van der Waals surface area contributed by atoms with E-state index in [1.807, 2.05) is 13.0 Å². The maximum absolute atomic E-state index is 13.3. The van der Waals surface area contributed by atoms with Crippen LogP contribution >= 0.6 is 0 Å². The minimum atomic E-state index is -3.73. The predicted octanol–water partition coefficient (Wildman–Crippen LogP) is 2.22. The lowest BCUT2D eigenvalue weighted by Gasteiger charge is -2.23. The van der Waals surface area contributed by atoms with E-state index < -0.39 is 10.0 Å². The number of rotatable bonds is 7. The first-order chi connectivity index (χ1) is 13.3. The number of carbonyl (C=O) groups excluding carboxylic acids is 1. The zero-order valence-electron chi connectivity index (χ0n) is 16.3. The molecule has 1 amide bonds. The molecular weight excluding hydrogens is 378 g/mol. The summed E-state index contributed by atoms with van der Waals surface area (Å²) in [7, 11) is -2.18. The highest BCUT2D eigenvalue weighted by Crippen LogP contribution is 2.34. The van der Waals surface area contributed by atoms with Gasteiger partial charge < -0.3 is 9.64 Å². The first-order valence-corrected chi connectivity index (χ1v) is 10.6. The molecule has 1 aliphatic heterocycles. The van der Waals surface area contributed by atoms with Crippen molar-refractivity contribution in [3.63, 3.8) is 0 Å². The standard InChI is InChI=1S/C20H25N3O4S/c1-15-11-18-12-19(6-7-20(18)23(15)16(2)24)28(25,26)22(9-10-27-3)14-17-5-4-8-21-13-17/h4-8,12-13,15H,9-11,14H2,1-3H3. The minimum Gasteiger partial charge on any atom is -0.383 e. The molecule has 1 unspecified atom stereocenters. The van der Waals surface area contributed by atoms with Gasteiger partial charge in [-0.1, -0.05) is 6.07 Å². The lowest BCUT2D eigenvalue weighted by atomic mass is 10.1. The number of sulfonamides is 1. The summed E-state index contributed by atoms with van der Waals surface area (Å²) < 4.78 is 33.1. The molecule has 8 heteroatoms. The molecule has 2 aromatic rings. The normalized spacial score (nSPS) is 16.4. The molecule has 0 saturated carbocycles. The van der Waals surface area contributed by atoms with Gasteiger partial charge in [-0.05, 0) is 48.7 Å². The van der Waals surface area contributed by atoms with Crippen LogP contribution < -0.4 is 4.90 Å². The molecule has 0 bridgehead atoms.